The predicted octanol–water partition coefficient (Wildman–Crippen LogP) is 0.712. The lowest BCUT2D eigenvalue weighted by atomic mass is 10.2. The van der Waals surface area contributed by atoms with Gasteiger partial charge in [-0.25, -0.2) is 0 Å². The number of halogens is 1. The van der Waals surface area contributed by atoms with E-state index in [0.29, 0.717) is 18.2 Å². The predicted molar refractivity (Wildman–Crippen MR) is 63.7 cm³/mol. The molecule has 17 heavy (non-hydrogen) atoms. The fourth-order valence-electron chi connectivity index (χ4n) is 2.03. The van der Waals surface area contributed by atoms with Crippen LogP contribution in [-0.4, -0.2) is 52.1 Å². The number of aliphatic hydroxyl groups excluding tert-OH is 1. The van der Waals surface area contributed by atoms with E-state index in [0.717, 1.165) is 12.2 Å². The fraction of sp³-hybridized carbons (Fsp3) is 0.636. The maximum Gasteiger partial charge on any atom is 0.151 e. The van der Waals surface area contributed by atoms with Crippen molar-refractivity contribution in [2.45, 2.75) is 25.7 Å². The molecule has 1 fully saturated rings. The lowest BCUT2D eigenvalue weighted by Gasteiger charge is -2.35. The maximum absolute atomic E-state index is 9.13. The second kappa shape index (κ2) is 5.73. The minimum absolute atomic E-state index is 0.0487. The highest BCUT2D eigenvalue weighted by atomic mass is 35.5. The van der Waals surface area contributed by atoms with E-state index in [9.17, 15) is 0 Å². The molecule has 94 valence electrons. The van der Waals surface area contributed by atoms with Crippen molar-refractivity contribution in [3.8, 4) is 0 Å². The summed E-state index contributed by atoms with van der Waals surface area (Å²) in [7, 11) is 0. The SMILES string of the molecule is CC1CN(Cc2ccc(Cl)nn2)CC(CO)O1. The Labute approximate surface area is 105 Å². The third kappa shape index (κ3) is 3.61. The molecule has 5 nitrogen and oxygen atoms in total. The summed E-state index contributed by atoms with van der Waals surface area (Å²) < 4.78 is 5.57. The van der Waals surface area contributed by atoms with Gasteiger partial charge in [0, 0.05) is 19.6 Å². The molecule has 0 aromatic carbocycles. The lowest BCUT2D eigenvalue weighted by molar-refractivity contribution is -0.0975. The average Bonchev–Trinajstić information content (AvgIpc) is 2.31. The van der Waals surface area contributed by atoms with Crippen LogP contribution in [0.4, 0.5) is 0 Å². The first-order valence-corrected chi connectivity index (χ1v) is 6.02. The summed E-state index contributed by atoms with van der Waals surface area (Å²) in [6.07, 6.45) is 0.0140. The normalized spacial score (nSPS) is 26.1. The van der Waals surface area contributed by atoms with Crippen LogP contribution in [0.1, 0.15) is 12.6 Å². The molecule has 0 radical (unpaired) electrons. The van der Waals surface area contributed by atoms with Crippen LogP contribution in [-0.2, 0) is 11.3 Å². The zero-order valence-corrected chi connectivity index (χ0v) is 10.5. The third-order valence-electron chi connectivity index (χ3n) is 2.68. The highest BCUT2D eigenvalue weighted by Crippen LogP contribution is 2.13. The first-order chi connectivity index (χ1) is 8.17. The Morgan fingerprint density at radius 1 is 1.47 bits per heavy atom. The van der Waals surface area contributed by atoms with E-state index < -0.39 is 0 Å². The molecular weight excluding hydrogens is 242 g/mol. The van der Waals surface area contributed by atoms with Gasteiger partial charge in [-0.3, -0.25) is 4.90 Å². The number of nitrogens with zero attached hydrogens (tertiary/aromatic N) is 3. The summed E-state index contributed by atoms with van der Waals surface area (Å²) in [4.78, 5) is 2.20. The van der Waals surface area contributed by atoms with E-state index in [-0.39, 0.29) is 18.8 Å². The summed E-state index contributed by atoms with van der Waals surface area (Å²) in [6, 6.07) is 3.60. The van der Waals surface area contributed by atoms with Gasteiger partial charge in [0.2, 0.25) is 0 Å². The Bertz CT molecular complexity index is 360. The van der Waals surface area contributed by atoms with Gasteiger partial charge in [-0.2, -0.15) is 5.10 Å². The van der Waals surface area contributed by atoms with Crippen LogP contribution in [0.15, 0.2) is 12.1 Å². The molecule has 0 bridgehead atoms. The molecule has 2 rings (SSSR count). The van der Waals surface area contributed by atoms with E-state index in [2.05, 4.69) is 15.1 Å². The lowest BCUT2D eigenvalue weighted by Crippen LogP contribution is -2.47. The van der Waals surface area contributed by atoms with Crippen molar-refractivity contribution >= 4 is 11.6 Å². The molecule has 0 saturated carbocycles. The standard InChI is InChI=1S/C11H16ClN3O2/c1-8-4-15(6-10(7-16)17-8)5-9-2-3-11(12)14-13-9/h2-3,8,10,16H,4-7H2,1H3. The molecule has 1 aromatic heterocycles. The van der Waals surface area contributed by atoms with Crippen LogP contribution in [0.2, 0.25) is 5.15 Å². The molecule has 2 atom stereocenters. The zero-order valence-electron chi connectivity index (χ0n) is 9.71. The maximum atomic E-state index is 9.13. The highest BCUT2D eigenvalue weighted by Gasteiger charge is 2.24. The minimum atomic E-state index is -0.112. The summed E-state index contributed by atoms with van der Waals surface area (Å²) in [5.74, 6) is 0. The Balaban J connectivity index is 1.95. The molecule has 1 aromatic rings. The van der Waals surface area contributed by atoms with Crippen LogP contribution in [0, 0.1) is 0 Å². The molecular formula is C11H16ClN3O2. The number of ether oxygens (including phenoxy) is 1. The topological polar surface area (TPSA) is 58.5 Å². The van der Waals surface area contributed by atoms with Crippen molar-refractivity contribution in [2.75, 3.05) is 19.7 Å². The van der Waals surface area contributed by atoms with Crippen molar-refractivity contribution in [1.82, 2.24) is 15.1 Å². The molecule has 1 N–H and O–H groups in total. The highest BCUT2D eigenvalue weighted by molar-refractivity contribution is 6.29. The van der Waals surface area contributed by atoms with Crippen LogP contribution in [0.25, 0.3) is 0 Å². The summed E-state index contributed by atoms with van der Waals surface area (Å²) in [5, 5.41) is 17.4. The third-order valence-corrected chi connectivity index (χ3v) is 2.88. The molecule has 1 aliphatic rings. The Kier molecular flexibility index (Phi) is 4.28. The van der Waals surface area contributed by atoms with Crippen LogP contribution >= 0.6 is 11.6 Å². The molecule has 2 unspecified atom stereocenters. The number of aliphatic hydroxyl groups is 1. The quantitative estimate of drug-likeness (QED) is 0.864. The van der Waals surface area contributed by atoms with E-state index in [1.165, 1.54) is 0 Å². The van der Waals surface area contributed by atoms with Gasteiger partial charge in [0.15, 0.2) is 5.15 Å². The minimum Gasteiger partial charge on any atom is -0.394 e. The first-order valence-electron chi connectivity index (χ1n) is 5.64. The van der Waals surface area contributed by atoms with E-state index in [1.54, 1.807) is 6.07 Å². The Morgan fingerprint density at radius 3 is 2.94 bits per heavy atom. The van der Waals surface area contributed by atoms with Gasteiger partial charge in [0.25, 0.3) is 0 Å². The zero-order chi connectivity index (χ0) is 12.3. The second-order valence-electron chi connectivity index (χ2n) is 4.29. The fourth-order valence-corrected chi connectivity index (χ4v) is 2.13. The monoisotopic (exact) mass is 257 g/mol. The molecule has 1 aliphatic heterocycles. The van der Waals surface area contributed by atoms with Gasteiger partial charge < -0.3 is 9.84 Å². The van der Waals surface area contributed by atoms with Crippen molar-refractivity contribution in [3.05, 3.63) is 23.0 Å². The van der Waals surface area contributed by atoms with Crippen molar-refractivity contribution < 1.29 is 9.84 Å². The number of rotatable bonds is 3. The van der Waals surface area contributed by atoms with Gasteiger partial charge in [-0.05, 0) is 19.1 Å². The number of morpholine rings is 1. The molecule has 2 heterocycles. The van der Waals surface area contributed by atoms with Gasteiger partial charge in [-0.1, -0.05) is 11.6 Å². The van der Waals surface area contributed by atoms with E-state index >= 15 is 0 Å². The molecule has 1 saturated heterocycles. The molecule has 0 aliphatic carbocycles. The first kappa shape index (κ1) is 12.7. The molecule has 6 heteroatoms. The Morgan fingerprint density at radius 2 is 2.29 bits per heavy atom. The molecule has 0 amide bonds. The van der Waals surface area contributed by atoms with Crippen LogP contribution in [0.3, 0.4) is 0 Å². The summed E-state index contributed by atoms with van der Waals surface area (Å²) in [5.41, 5.74) is 0.875. The van der Waals surface area contributed by atoms with Crippen LogP contribution < -0.4 is 0 Å². The van der Waals surface area contributed by atoms with Gasteiger partial charge in [0.1, 0.15) is 0 Å². The van der Waals surface area contributed by atoms with Crippen molar-refractivity contribution in [2.24, 2.45) is 0 Å². The van der Waals surface area contributed by atoms with Gasteiger partial charge >= 0.3 is 0 Å². The van der Waals surface area contributed by atoms with Gasteiger partial charge in [0.05, 0.1) is 24.5 Å². The van der Waals surface area contributed by atoms with E-state index in [1.807, 2.05) is 13.0 Å². The van der Waals surface area contributed by atoms with E-state index in [4.69, 9.17) is 21.4 Å². The molecule has 0 spiro atoms. The van der Waals surface area contributed by atoms with Crippen molar-refractivity contribution in [1.29, 1.82) is 0 Å². The smallest absolute Gasteiger partial charge is 0.151 e. The van der Waals surface area contributed by atoms with Crippen LogP contribution in [0.5, 0.6) is 0 Å². The number of hydrogen-bond acceptors (Lipinski definition) is 5. The Hall–Kier alpha value is -0.750. The number of hydrogen-bond donors (Lipinski definition) is 1. The summed E-state index contributed by atoms with van der Waals surface area (Å²) >= 11 is 5.68. The second-order valence-corrected chi connectivity index (χ2v) is 4.68. The average molecular weight is 258 g/mol. The number of aromatic nitrogens is 2. The van der Waals surface area contributed by atoms with Crippen molar-refractivity contribution in [3.63, 3.8) is 0 Å². The van der Waals surface area contributed by atoms with Gasteiger partial charge in [-0.15, -0.1) is 5.10 Å². The summed E-state index contributed by atoms with van der Waals surface area (Å²) in [6.45, 7) is 4.30. The largest absolute Gasteiger partial charge is 0.394 e.